The van der Waals surface area contributed by atoms with Gasteiger partial charge < -0.3 is 15.2 Å². The Kier molecular flexibility index (Phi) is 6.18. The second-order valence-electron chi connectivity index (χ2n) is 7.15. The van der Waals surface area contributed by atoms with Crippen molar-refractivity contribution < 1.29 is 14.6 Å². The maximum Gasteiger partial charge on any atom is 0.258 e. The van der Waals surface area contributed by atoms with Gasteiger partial charge in [-0.25, -0.2) is 0 Å². The van der Waals surface area contributed by atoms with Crippen LogP contribution >= 0.6 is 15.9 Å². The summed E-state index contributed by atoms with van der Waals surface area (Å²) >= 11 is 3.58. The van der Waals surface area contributed by atoms with Crippen LogP contribution in [0.3, 0.4) is 0 Å². The van der Waals surface area contributed by atoms with Gasteiger partial charge >= 0.3 is 0 Å². The lowest BCUT2D eigenvalue weighted by Crippen LogP contribution is -2.33. The number of hydrogen-bond donors (Lipinski definition) is 2. The number of amides is 1. The summed E-state index contributed by atoms with van der Waals surface area (Å²) in [7, 11) is 0. The molecular weight excluding hydrogens is 456 g/mol. The zero-order valence-electron chi connectivity index (χ0n) is 16.9. The molecule has 0 radical (unpaired) electrons. The zero-order valence-corrected chi connectivity index (χ0v) is 18.5. The quantitative estimate of drug-likeness (QED) is 0.396. The Hall–Kier alpha value is -3.38. The van der Waals surface area contributed by atoms with Crippen LogP contribution < -0.4 is 10.1 Å². The van der Waals surface area contributed by atoms with Crippen LogP contribution in [0, 0.1) is 6.92 Å². The summed E-state index contributed by atoms with van der Waals surface area (Å²) in [5.41, 5.74) is 2.90. The molecule has 0 aliphatic heterocycles. The number of aryl methyl sites for hydroxylation is 1. The number of carbonyl (C=O) groups is 1. The molecule has 1 unspecified atom stereocenters. The molecule has 1 aromatic heterocycles. The van der Waals surface area contributed by atoms with Gasteiger partial charge in [0.05, 0.1) is 6.04 Å². The van der Waals surface area contributed by atoms with Crippen molar-refractivity contribution in [2.24, 2.45) is 0 Å². The molecular formula is C25H21BrN2O3. The van der Waals surface area contributed by atoms with Crippen LogP contribution in [0.2, 0.25) is 0 Å². The third kappa shape index (κ3) is 4.54. The van der Waals surface area contributed by atoms with E-state index < -0.39 is 6.04 Å². The van der Waals surface area contributed by atoms with E-state index in [-0.39, 0.29) is 18.3 Å². The summed E-state index contributed by atoms with van der Waals surface area (Å²) in [4.78, 5) is 17.1. The van der Waals surface area contributed by atoms with Crippen molar-refractivity contribution in [1.29, 1.82) is 0 Å². The van der Waals surface area contributed by atoms with Gasteiger partial charge in [-0.15, -0.1) is 0 Å². The Labute approximate surface area is 188 Å². The first kappa shape index (κ1) is 20.9. The number of fused-ring (bicyclic) bond motifs is 1. The molecule has 3 aromatic carbocycles. The third-order valence-corrected chi connectivity index (χ3v) is 5.73. The molecule has 6 heteroatoms. The molecule has 2 N–H and O–H groups in total. The molecule has 0 aliphatic rings. The van der Waals surface area contributed by atoms with Crippen LogP contribution in [0.5, 0.6) is 11.5 Å². The molecule has 5 nitrogen and oxygen atoms in total. The van der Waals surface area contributed by atoms with Gasteiger partial charge in [0.1, 0.15) is 17.0 Å². The van der Waals surface area contributed by atoms with Crippen molar-refractivity contribution in [3.63, 3.8) is 0 Å². The lowest BCUT2D eigenvalue weighted by atomic mass is 9.93. The van der Waals surface area contributed by atoms with Gasteiger partial charge in [0.25, 0.3) is 5.91 Å². The van der Waals surface area contributed by atoms with Gasteiger partial charge in [0.2, 0.25) is 0 Å². The van der Waals surface area contributed by atoms with E-state index in [1.165, 1.54) is 0 Å². The molecule has 31 heavy (non-hydrogen) atoms. The van der Waals surface area contributed by atoms with Gasteiger partial charge in [0.15, 0.2) is 6.61 Å². The number of carbonyl (C=O) groups excluding carboxylic acids is 1. The fourth-order valence-electron chi connectivity index (χ4n) is 3.53. The lowest BCUT2D eigenvalue weighted by molar-refractivity contribution is -0.123. The predicted molar refractivity (Wildman–Crippen MR) is 124 cm³/mol. The van der Waals surface area contributed by atoms with Gasteiger partial charge in [-0.1, -0.05) is 64.5 Å². The first-order valence-corrected chi connectivity index (χ1v) is 10.6. The SMILES string of the molecule is Cc1ccccc1C(NC(=O)COc1ccccc1)c1cc(Br)c2cccnc2c1O. The van der Waals surface area contributed by atoms with Gasteiger partial charge in [-0.3, -0.25) is 9.78 Å². The molecule has 0 spiro atoms. The molecule has 0 saturated carbocycles. The van der Waals surface area contributed by atoms with Crippen LogP contribution in [0.25, 0.3) is 10.9 Å². The number of rotatable bonds is 6. The number of aromatic hydroxyl groups is 1. The molecule has 156 valence electrons. The Morgan fingerprint density at radius 1 is 1.06 bits per heavy atom. The number of aromatic nitrogens is 1. The molecule has 0 aliphatic carbocycles. The normalized spacial score (nSPS) is 11.8. The molecule has 4 aromatic rings. The number of benzene rings is 3. The highest BCUT2D eigenvalue weighted by Gasteiger charge is 2.24. The number of nitrogens with zero attached hydrogens (tertiary/aromatic N) is 1. The lowest BCUT2D eigenvalue weighted by Gasteiger charge is -2.23. The zero-order chi connectivity index (χ0) is 21.8. The number of halogens is 1. The van der Waals surface area contributed by atoms with E-state index in [4.69, 9.17) is 4.74 Å². The monoisotopic (exact) mass is 476 g/mol. The van der Waals surface area contributed by atoms with Crippen molar-refractivity contribution in [2.45, 2.75) is 13.0 Å². The second-order valence-corrected chi connectivity index (χ2v) is 8.01. The molecule has 0 bridgehead atoms. The minimum atomic E-state index is -0.573. The largest absolute Gasteiger partial charge is 0.505 e. The number of para-hydroxylation sites is 1. The number of pyridine rings is 1. The Morgan fingerprint density at radius 3 is 2.58 bits per heavy atom. The summed E-state index contributed by atoms with van der Waals surface area (Å²) in [6.07, 6.45) is 1.63. The van der Waals surface area contributed by atoms with E-state index in [0.29, 0.717) is 16.8 Å². The fourth-order valence-corrected chi connectivity index (χ4v) is 4.09. The Balaban J connectivity index is 1.71. The average Bonchev–Trinajstić information content (AvgIpc) is 2.80. The molecule has 1 heterocycles. The second kappa shape index (κ2) is 9.18. The number of phenolic OH excluding ortho intramolecular Hbond substituents is 1. The van der Waals surface area contributed by atoms with Crippen LogP contribution in [-0.2, 0) is 4.79 Å². The topological polar surface area (TPSA) is 71.5 Å². The van der Waals surface area contributed by atoms with Crippen molar-refractivity contribution in [1.82, 2.24) is 10.3 Å². The highest BCUT2D eigenvalue weighted by molar-refractivity contribution is 9.10. The van der Waals surface area contributed by atoms with E-state index in [9.17, 15) is 9.90 Å². The van der Waals surface area contributed by atoms with Crippen molar-refractivity contribution in [3.8, 4) is 11.5 Å². The van der Waals surface area contributed by atoms with E-state index in [0.717, 1.165) is 21.0 Å². The minimum Gasteiger partial charge on any atom is -0.505 e. The number of nitrogens with one attached hydrogen (secondary N) is 1. The molecule has 4 rings (SSSR count). The van der Waals surface area contributed by atoms with Crippen LogP contribution in [0.4, 0.5) is 0 Å². The first-order valence-electron chi connectivity index (χ1n) is 9.83. The van der Waals surface area contributed by atoms with Crippen molar-refractivity contribution in [2.75, 3.05) is 6.61 Å². The van der Waals surface area contributed by atoms with Gasteiger partial charge in [0, 0.05) is 21.6 Å². The third-order valence-electron chi connectivity index (χ3n) is 5.07. The summed E-state index contributed by atoms with van der Waals surface area (Å²) in [5.74, 6) is 0.357. The number of hydrogen-bond acceptors (Lipinski definition) is 4. The molecule has 1 atom stereocenters. The maximum absolute atomic E-state index is 12.8. The maximum atomic E-state index is 12.8. The Morgan fingerprint density at radius 2 is 1.81 bits per heavy atom. The van der Waals surface area contributed by atoms with E-state index in [1.54, 1.807) is 18.3 Å². The number of ether oxygens (including phenoxy) is 1. The minimum absolute atomic E-state index is 0.0383. The van der Waals surface area contributed by atoms with Crippen LogP contribution in [0.15, 0.2) is 83.5 Å². The molecule has 0 fully saturated rings. The highest BCUT2D eigenvalue weighted by Crippen LogP contribution is 2.39. The van der Waals surface area contributed by atoms with Gasteiger partial charge in [-0.2, -0.15) is 0 Å². The van der Waals surface area contributed by atoms with Crippen molar-refractivity contribution >= 4 is 32.7 Å². The van der Waals surface area contributed by atoms with E-state index >= 15 is 0 Å². The van der Waals surface area contributed by atoms with E-state index in [2.05, 4.69) is 26.2 Å². The summed E-state index contributed by atoms with van der Waals surface area (Å²) < 4.78 is 6.39. The fraction of sp³-hybridized carbons (Fsp3) is 0.120. The smallest absolute Gasteiger partial charge is 0.258 e. The first-order chi connectivity index (χ1) is 15.0. The van der Waals surface area contributed by atoms with Crippen LogP contribution in [0.1, 0.15) is 22.7 Å². The highest BCUT2D eigenvalue weighted by atomic mass is 79.9. The Bertz CT molecular complexity index is 1230. The van der Waals surface area contributed by atoms with Crippen molar-refractivity contribution in [3.05, 3.63) is 100 Å². The number of phenols is 1. The average molecular weight is 477 g/mol. The standard InChI is InChI=1S/C25H21BrN2O3/c1-16-8-5-6-11-18(16)23(28-22(29)15-31-17-9-3-2-4-10-17)20-14-21(26)19-12-7-13-27-24(19)25(20)30/h2-14,23,30H,15H2,1H3,(H,28,29). The predicted octanol–water partition coefficient (Wildman–Crippen LogP) is 5.30. The summed E-state index contributed by atoms with van der Waals surface area (Å²) in [5, 5.41) is 14.9. The van der Waals surface area contributed by atoms with Crippen LogP contribution in [-0.4, -0.2) is 22.6 Å². The van der Waals surface area contributed by atoms with Gasteiger partial charge in [-0.05, 0) is 42.3 Å². The van der Waals surface area contributed by atoms with E-state index in [1.807, 2.05) is 67.6 Å². The molecule has 0 saturated heterocycles. The summed E-state index contributed by atoms with van der Waals surface area (Å²) in [6, 6.07) is 21.9. The summed E-state index contributed by atoms with van der Waals surface area (Å²) in [6.45, 7) is 1.83. The molecule has 1 amide bonds.